The maximum absolute atomic E-state index is 4.75. The van der Waals surface area contributed by atoms with E-state index >= 15 is 0 Å². The summed E-state index contributed by atoms with van der Waals surface area (Å²) in [6.07, 6.45) is 0. The summed E-state index contributed by atoms with van der Waals surface area (Å²) in [7, 11) is 0. The number of hydrogen-bond donors (Lipinski definition) is 0. The van der Waals surface area contributed by atoms with Gasteiger partial charge in [-0.3, -0.25) is 0 Å². The number of hydrogen-bond acceptors (Lipinski definition) is 2. The molecule has 0 unspecified atom stereocenters. The average molecular weight is 245 g/mol. The highest BCUT2D eigenvalue weighted by Gasteiger charge is 2.18. The van der Waals surface area contributed by atoms with Crippen LogP contribution in [-0.4, -0.2) is 4.98 Å². The molecule has 1 aromatic carbocycles. The van der Waals surface area contributed by atoms with Crippen LogP contribution < -0.4 is 0 Å². The summed E-state index contributed by atoms with van der Waals surface area (Å²) in [6.45, 7) is 10.9. The van der Waals surface area contributed by atoms with Crippen molar-refractivity contribution in [2.45, 2.75) is 40.0 Å². The molecule has 0 N–H and O–H groups in total. The van der Waals surface area contributed by atoms with Gasteiger partial charge in [0.2, 0.25) is 0 Å². The molecule has 1 heterocycles. The van der Waals surface area contributed by atoms with Crippen LogP contribution in [0.25, 0.3) is 11.3 Å². The summed E-state index contributed by atoms with van der Waals surface area (Å²) >= 11 is 1.75. The van der Waals surface area contributed by atoms with E-state index < -0.39 is 0 Å². The van der Waals surface area contributed by atoms with Crippen LogP contribution in [-0.2, 0) is 5.41 Å². The van der Waals surface area contributed by atoms with Crippen LogP contribution in [0, 0.1) is 13.8 Å². The minimum absolute atomic E-state index is 0.141. The molecule has 2 rings (SSSR count). The normalized spacial score (nSPS) is 11.8. The molecule has 17 heavy (non-hydrogen) atoms. The summed E-state index contributed by atoms with van der Waals surface area (Å²) in [5.74, 6) is 0. The molecule has 0 amide bonds. The van der Waals surface area contributed by atoms with E-state index in [9.17, 15) is 0 Å². The Balaban J connectivity index is 2.44. The minimum Gasteiger partial charge on any atom is -0.241 e. The zero-order chi connectivity index (χ0) is 12.6. The lowest BCUT2D eigenvalue weighted by atomic mass is 9.98. The molecule has 0 spiro atoms. The Morgan fingerprint density at radius 3 is 2.06 bits per heavy atom. The first-order valence-electron chi connectivity index (χ1n) is 5.91. The number of nitrogens with zero attached hydrogens (tertiary/aromatic N) is 1. The highest BCUT2D eigenvalue weighted by atomic mass is 32.1. The molecule has 0 radical (unpaired) electrons. The summed E-state index contributed by atoms with van der Waals surface area (Å²) in [5.41, 5.74) is 5.07. The molecule has 2 aromatic rings. The Hall–Kier alpha value is -1.15. The van der Waals surface area contributed by atoms with Crippen LogP contribution in [0.4, 0.5) is 0 Å². The zero-order valence-corrected chi connectivity index (χ0v) is 12.0. The second-order valence-electron chi connectivity index (χ2n) is 5.66. The Kier molecular flexibility index (Phi) is 3.09. The molecular formula is C15H19NS. The van der Waals surface area contributed by atoms with Crippen LogP contribution in [0.15, 0.2) is 23.6 Å². The third-order valence-corrected chi connectivity index (χ3v) is 3.93. The van der Waals surface area contributed by atoms with E-state index in [1.165, 1.54) is 21.7 Å². The minimum atomic E-state index is 0.141. The molecule has 0 saturated heterocycles. The largest absolute Gasteiger partial charge is 0.241 e. The van der Waals surface area contributed by atoms with Crippen molar-refractivity contribution < 1.29 is 0 Å². The summed E-state index contributed by atoms with van der Waals surface area (Å²) in [4.78, 5) is 4.75. The van der Waals surface area contributed by atoms with Crippen molar-refractivity contribution in [1.29, 1.82) is 0 Å². The smallest absolute Gasteiger partial charge is 0.0986 e. The van der Waals surface area contributed by atoms with Crippen LogP contribution in [0.2, 0.25) is 0 Å². The molecular weight excluding hydrogens is 226 g/mol. The molecule has 0 aliphatic carbocycles. The molecule has 90 valence electrons. The van der Waals surface area contributed by atoms with E-state index in [2.05, 4.69) is 58.2 Å². The second kappa shape index (κ2) is 4.26. The maximum Gasteiger partial charge on any atom is 0.0986 e. The number of thiazole rings is 1. The van der Waals surface area contributed by atoms with Crippen LogP contribution in [0.5, 0.6) is 0 Å². The van der Waals surface area contributed by atoms with Crippen molar-refractivity contribution in [2.75, 3.05) is 0 Å². The molecule has 0 bridgehead atoms. The Morgan fingerprint density at radius 1 is 1.00 bits per heavy atom. The van der Waals surface area contributed by atoms with Gasteiger partial charge >= 0.3 is 0 Å². The van der Waals surface area contributed by atoms with Crippen molar-refractivity contribution in [1.82, 2.24) is 4.98 Å². The van der Waals surface area contributed by atoms with Crippen molar-refractivity contribution in [2.24, 2.45) is 0 Å². The topological polar surface area (TPSA) is 12.9 Å². The molecule has 0 atom stereocenters. The van der Waals surface area contributed by atoms with E-state index in [-0.39, 0.29) is 5.41 Å². The lowest BCUT2D eigenvalue weighted by Gasteiger charge is -2.13. The predicted molar refractivity (Wildman–Crippen MR) is 75.7 cm³/mol. The van der Waals surface area contributed by atoms with Gasteiger partial charge in [0.25, 0.3) is 0 Å². The lowest BCUT2D eigenvalue weighted by molar-refractivity contribution is 0.586. The van der Waals surface area contributed by atoms with Crippen molar-refractivity contribution in [3.63, 3.8) is 0 Å². The molecule has 2 heteroatoms. The van der Waals surface area contributed by atoms with Gasteiger partial charge in [-0.2, -0.15) is 0 Å². The number of aromatic nitrogens is 1. The molecule has 0 aliphatic heterocycles. The van der Waals surface area contributed by atoms with Crippen LogP contribution >= 0.6 is 11.3 Å². The zero-order valence-electron chi connectivity index (χ0n) is 11.2. The predicted octanol–water partition coefficient (Wildman–Crippen LogP) is 4.72. The average Bonchev–Trinajstić information content (AvgIpc) is 2.63. The van der Waals surface area contributed by atoms with Crippen LogP contribution in [0.1, 0.15) is 36.9 Å². The first-order chi connectivity index (χ1) is 7.86. The van der Waals surface area contributed by atoms with Crippen LogP contribution in [0.3, 0.4) is 0 Å². The highest BCUT2D eigenvalue weighted by Crippen LogP contribution is 2.30. The molecule has 1 aromatic heterocycles. The van der Waals surface area contributed by atoms with Crippen molar-refractivity contribution >= 4 is 11.3 Å². The summed E-state index contributed by atoms with van der Waals surface area (Å²) < 4.78 is 0. The number of aryl methyl sites for hydroxylation is 2. The van der Waals surface area contributed by atoms with E-state index in [0.29, 0.717) is 0 Å². The SMILES string of the molecule is Cc1cc(C)cc(-c2csc(C(C)(C)C)n2)c1. The lowest BCUT2D eigenvalue weighted by Crippen LogP contribution is -2.10. The third kappa shape index (κ3) is 2.75. The molecule has 1 nitrogen and oxygen atoms in total. The monoisotopic (exact) mass is 245 g/mol. The van der Waals surface area contributed by atoms with Gasteiger partial charge in [0.1, 0.15) is 0 Å². The Labute approximate surface area is 108 Å². The highest BCUT2D eigenvalue weighted by molar-refractivity contribution is 7.10. The van der Waals surface area contributed by atoms with Gasteiger partial charge in [-0.1, -0.05) is 38.0 Å². The van der Waals surface area contributed by atoms with Gasteiger partial charge < -0.3 is 0 Å². The van der Waals surface area contributed by atoms with E-state index in [1.807, 2.05) is 0 Å². The first-order valence-corrected chi connectivity index (χ1v) is 6.79. The van der Waals surface area contributed by atoms with Gasteiger partial charge in [0.15, 0.2) is 0 Å². The fourth-order valence-corrected chi connectivity index (χ4v) is 2.79. The quantitative estimate of drug-likeness (QED) is 0.708. The summed E-state index contributed by atoms with van der Waals surface area (Å²) in [5, 5.41) is 3.36. The fraction of sp³-hybridized carbons (Fsp3) is 0.400. The standard InChI is InChI=1S/C15H19NS/c1-10-6-11(2)8-12(7-10)13-9-17-14(16-13)15(3,4)5/h6-9H,1-5H3. The summed E-state index contributed by atoms with van der Waals surface area (Å²) in [6, 6.07) is 6.60. The third-order valence-electron chi connectivity index (χ3n) is 2.66. The molecule has 0 saturated carbocycles. The molecule has 0 fully saturated rings. The van der Waals surface area contributed by atoms with Crippen molar-refractivity contribution in [3.05, 3.63) is 39.7 Å². The van der Waals surface area contributed by atoms with E-state index in [0.717, 1.165) is 5.69 Å². The Morgan fingerprint density at radius 2 is 1.59 bits per heavy atom. The van der Waals surface area contributed by atoms with Gasteiger partial charge in [0.05, 0.1) is 10.7 Å². The van der Waals surface area contributed by atoms with E-state index in [4.69, 9.17) is 4.98 Å². The van der Waals surface area contributed by atoms with Gasteiger partial charge in [-0.25, -0.2) is 4.98 Å². The Bertz CT molecular complexity index is 512. The number of rotatable bonds is 1. The number of benzene rings is 1. The second-order valence-corrected chi connectivity index (χ2v) is 6.52. The van der Waals surface area contributed by atoms with E-state index in [1.54, 1.807) is 11.3 Å². The van der Waals surface area contributed by atoms with Crippen molar-refractivity contribution in [3.8, 4) is 11.3 Å². The van der Waals surface area contributed by atoms with Gasteiger partial charge in [-0.05, 0) is 26.0 Å². The van der Waals surface area contributed by atoms with Gasteiger partial charge in [-0.15, -0.1) is 11.3 Å². The maximum atomic E-state index is 4.75. The molecule has 0 aliphatic rings. The first kappa shape index (κ1) is 12.3. The fourth-order valence-electron chi connectivity index (χ4n) is 1.87. The van der Waals surface area contributed by atoms with Gasteiger partial charge in [0, 0.05) is 16.4 Å².